The van der Waals surface area contributed by atoms with Crippen LogP contribution >= 0.6 is 11.6 Å². The van der Waals surface area contributed by atoms with E-state index in [0.29, 0.717) is 5.02 Å². The molecule has 4 heteroatoms. The van der Waals surface area contributed by atoms with Crippen molar-refractivity contribution in [2.45, 2.75) is 6.54 Å². The SMILES string of the molecule is O=C(Cn1ccc2cc(Cl)ccc21)Nc1cccc2ccccc12. The van der Waals surface area contributed by atoms with Crippen LogP contribution in [-0.4, -0.2) is 10.5 Å². The second-order valence-electron chi connectivity index (χ2n) is 5.72. The van der Waals surface area contributed by atoms with Crippen molar-refractivity contribution in [2.24, 2.45) is 0 Å². The largest absolute Gasteiger partial charge is 0.338 e. The molecule has 0 aliphatic rings. The van der Waals surface area contributed by atoms with Crippen LogP contribution in [0.4, 0.5) is 5.69 Å². The van der Waals surface area contributed by atoms with Gasteiger partial charge in [-0.15, -0.1) is 0 Å². The molecule has 4 aromatic rings. The molecule has 118 valence electrons. The molecule has 1 aromatic heterocycles. The predicted octanol–water partition coefficient (Wildman–Crippen LogP) is 5.09. The van der Waals surface area contributed by atoms with Gasteiger partial charge in [-0.25, -0.2) is 0 Å². The Labute approximate surface area is 144 Å². The lowest BCUT2D eigenvalue weighted by Gasteiger charge is -2.10. The second kappa shape index (κ2) is 6.02. The van der Waals surface area contributed by atoms with Crippen LogP contribution in [0.3, 0.4) is 0 Å². The molecular formula is C20H15ClN2O. The molecule has 0 aliphatic carbocycles. The van der Waals surface area contributed by atoms with Gasteiger partial charge in [0.05, 0.1) is 0 Å². The molecule has 4 rings (SSSR count). The fourth-order valence-corrected chi connectivity index (χ4v) is 3.17. The van der Waals surface area contributed by atoms with E-state index in [9.17, 15) is 4.79 Å². The Kier molecular flexibility index (Phi) is 3.71. The lowest BCUT2D eigenvalue weighted by molar-refractivity contribution is -0.116. The standard InChI is InChI=1S/C20H15ClN2O/c21-16-8-9-19-15(12-16)10-11-23(19)13-20(24)22-18-7-3-5-14-4-1-2-6-17(14)18/h1-12H,13H2,(H,22,24). The third kappa shape index (κ3) is 2.74. The molecule has 0 fully saturated rings. The highest BCUT2D eigenvalue weighted by atomic mass is 35.5. The third-order valence-corrected chi connectivity index (χ3v) is 4.35. The minimum atomic E-state index is -0.0567. The second-order valence-corrected chi connectivity index (χ2v) is 6.16. The third-order valence-electron chi connectivity index (χ3n) is 4.11. The summed E-state index contributed by atoms with van der Waals surface area (Å²) in [6.45, 7) is 0.258. The van der Waals surface area contributed by atoms with E-state index in [1.807, 2.05) is 77.5 Å². The van der Waals surface area contributed by atoms with Crippen LogP contribution in [0, 0.1) is 0 Å². The molecule has 0 unspecified atom stereocenters. The van der Waals surface area contributed by atoms with Gasteiger partial charge in [0.1, 0.15) is 6.54 Å². The summed E-state index contributed by atoms with van der Waals surface area (Å²) in [5, 5.41) is 6.88. The molecule has 24 heavy (non-hydrogen) atoms. The van der Waals surface area contributed by atoms with Crippen molar-refractivity contribution in [3.63, 3.8) is 0 Å². The van der Waals surface area contributed by atoms with Gasteiger partial charge in [0.25, 0.3) is 0 Å². The zero-order valence-corrected chi connectivity index (χ0v) is 13.6. The van der Waals surface area contributed by atoms with Crippen LogP contribution in [0.5, 0.6) is 0 Å². The first-order valence-electron chi connectivity index (χ1n) is 7.73. The van der Waals surface area contributed by atoms with E-state index < -0.39 is 0 Å². The predicted molar refractivity (Wildman–Crippen MR) is 99.5 cm³/mol. The van der Waals surface area contributed by atoms with Crippen LogP contribution in [-0.2, 0) is 11.3 Å². The minimum absolute atomic E-state index is 0.0567. The minimum Gasteiger partial charge on any atom is -0.338 e. The Hall–Kier alpha value is -2.78. The van der Waals surface area contributed by atoms with Crippen LogP contribution in [0.15, 0.2) is 72.9 Å². The van der Waals surface area contributed by atoms with Crippen LogP contribution in [0.2, 0.25) is 5.02 Å². The summed E-state index contributed by atoms with van der Waals surface area (Å²) >= 11 is 6.01. The van der Waals surface area contributed by atoms with Gasteiger partial charge in [0, 0.05) is 33.2 Å². The number of halogens is 1. The van der Waals surface area contributed by atoms with Gasteiger partial charge in [-0.05, 0) is 35.7 Å². The lowest BCUT2D eigenvalue weighted by Crippen LogP contribution is -2.18. The maximum Gasteiger partial charge on any atom is 0.244 e. The number of carbonyl (C=O) groups excluding carboxylic acids is 1. The van der Waals surface area contributed by atoms with Gasteiger partial charge in [-0.3, -0.25) is 4.79 Å². The molecule has 3 nitrogen and oxygen atoms in total. The number of fused-ring (bicyclic) bond motifs is 2. The van der Waals surface area contributed by atoms with Gasteiger partial charge < -0.3 is 9.88 Å². The van der Waals surface area contributed by atoms with E-state index in [-0.39, 0.29) is 12.5 Å². The number of nitrogens with one attached hydrogen (secondary N) is 1. The zero-order chi connectivity index (χ0) is 16.5. The van der Waals surface area contributed by atoms with Crippen molar-refractivity contribution in [1.82, 2.24) is 4.57 Å². The summed E-state index contributed by atoms with van der Waals surface area (Å²) in [5.74, 6) is -0.0567. The van der Waals surface area contributed by atoms with Gasteiger partial charge >= 0.3 is 0 Å². The first kappa shape index (κ1) is 14.8. The quantitative estimate of drug-likeness (QED) is 0.556. The summed E-state index contributed by atoms with van der Waals surface area (Å²) in [5.41, 5.74) is 1.82. The Balaban J connectivity index is 1.60. The number of nitrogens with zero attached hydrogens (tertiary/aromatic N) is 1. The number of anilines is 1. The van der Waals surface area contributed by atoms with E-state index in [2.05, 4.69) is 5.32 Å². The van der Waals surface area contributed by atoms with Crippen molar-refractivity contribution in [1.29, 1.82) is 0 Å². The van der Waals surface area contributed by atoms with Crippen LogP contribution < -0.4 is 5.32 Å². The molecule has 0 radical (unpaired) electrons. The smallest absolute Gasteiger partial charge is 0.244 e. The maximum atomic E-state index is 12.5. The van der Waals surface area contributed by atoms with Crippen molar-refractivity contribution in [3.8, 4) is 0 Å². The number of aromatic nitrogens is 1. The summed E-state index contributed by atoms with van der Waals surface area (Å²) in [6, 6.07) is 21.6. The van der Waals surface area contributed by atoms with Crippen molar-refractivity contribution in [3.05, 3.63) is 77.9 Å². The van der Waals surface area contributed by atoms with E-state index in [1.54, 1.807) is 0 Å². The van der Waals surface area contributed by atoms with E-state index in [4.69, 9.17) is 11.6 Å². The highest BCUT2D eigenvalue weighted by Crippen LogP contribution is 2.24. The Morgan fingerprint density at radius 2 is 1.79 bits per heavy atom. The molecule has 0 spiro atoms. The van der Waals surface area contributed by atoms with Gasteiger partial charge in [-0.2, -0.15) is 0 Å². The first-order chi connectivity index (χ1) is 11.7. The van der Waals surface area contributed by atoms with Gasteiger partial charge in [0.2, 0.25) is 5.91 Å². The molecule has 1 amide bonds. The number of hydrogen-bond donors (Lipinski definition) is 1. The van der Waals surface area contributed by atoms with Crippen LogP contribution in [0.25, 0.3) is 21.7 Å². The van der Waals surface area contributed by atoms with Gasteiger partial charge in [0.15, 0.2) is 0 Å². The summed E-state index contributed by atoms with van der Waals surface area (Å²) in [4.78, 5) is 12.5. The highest BCUT2D eigenvalue weighted by Gasteiger charge is 2.08. The summed E-state index contributed by atoms with van der Waals surface area (Å²) in [6.07, 6.45) is 1.91. The number of rotatable bonds is 3. The van der Waals surface area contributed by atoms with E-state index in [1.165, 1.54) is 0 Å². The fraction of sp³-hybridized carbons (Fsp3) is 0.0500. The molecule has 0 saturated carbocycles. The Bertz CT molecular complexity index is 1050. The molecule has 0 aliphatic heterocycles. The number of hydrogen-bond acceptors (Lipinski definition) is 1. The van der Waals surface area contributed by atoms with Crippen molar-refractivity contribution in [2.75, 3.05) is 5.32 Å². The highest BCUT2D eigenvalue weighted by molar-refractivity contribution is 6.31. The number of carbonyl (C=O) groups is 1. The van der Waals surface area contributed by atoms with E-state index >= 15 is 0 Å². The Morgan fingerprint density at radius 1 is 0.958 bits per heavy atom. The number of amides is 1. The van der Waals surface area contributed by atoms with Crippen molar-refractivity contribution >= 4 is 44.9 Å². The lowest BCUT2D eigenvalue weighted by atomic mass is 10.1. The topological polar surface area (TPSA) is 34.0 Å². The van der Waals surface area contributed by atoms with Crippen molar-refractivity contribution < 1.29 is 4.79 Å². The summed E-state index contributed by atoms with van der Waals surface area (Å²) in [7, 11) is 0. The summed E-state index contributed by atoms with van der Waals surface area (Å²) < 4.78 is 1.92. The molecule has 1 N–H and O–H groups in total. The first-order valence-corrected chi connectivity index (χ1v) is 8.10. The van der Waals surface area contributed by atoms with Gasteiger partial charge in [-0.1, -0.05) is 48.0 Å². The zero-order valence-electron chi connectivity index (χ0n) is 12.9. The molecule has 3 aromatic carbocycles. The van der Waals surface area contributed by atoms with Crippen LogP contribution in [0.1, 0.15) is 0 Å². The Morgan fingerprint density at radius 3 is 2.71 bits per heavy atom. The fourth-order valence-electron chi connectivity index (χ4n) is 2.99. The monoisotopic (exact) mass is 334 g/mol. The molecule has 0 bridgehead atoms. The number of benzene rings is 3. The molecule has 0 atom stereocenters. The average Bonchev–Trinajstić information content (AvgIpc) is 2.97. The average molecular weight is 335 g/mol. The molecular weight excluding hydrogens is 320 g/mol. The molecule has 0 saturated heterocycles. The van der Waals surface area contributed by atoms with E-state index in [0.717, 1.165) is 27.4 Å². The normalized spacial score (nSPS) is 11.0. The molecule has 1 heterocycles. The maximum absolute atomic E-state index is 12.5.